The summed E-state index contributed by atoms with van der Waals surface area (Å²) in [5.74, 6) is -0.556. The quantitative estimate of drug-likeness (QED) is 0.0485. The summed E-state index contributed by atoms with van der Waals surface area (Å²) < 4.78 is 10.8. The molecule has 83 heavy (non-hydrogen) atoms. The van der Waals surface area contributed by atoms with Gasteiger partial charge in [0.15, 0.2) is 6.10 Å². The monoisotopic (exact) mass is 1170 g/mol. The molecule has 496 valence electrons. The first-order valence-electron chi connectivity index (χ1n) is 39.1. The molecular formula is C78H154O5. The highest BCUT2D eigenvalue weighted by molar-refractivity contribution is 5.70. The molecule has 0 spiro atoms. The maximum Gasteiger partial charge on any atom is 0.306 e. The minimum Gasteiger partial charge on any atom is -0.462 e. The topological polar surface area (TPSA) is 72.8 Å². The Hall–Kier alpha value is -1.10. The van der Waals surface area contributed by atoms with Gasteiger partial charge in [-0.05, 0) is 12.8 Å². The van der Waals surface area contributed by atoms with Crippen LogP contribution in [-0.2, 0) is 19.1 Å². The highest BCUT2D eigenvalue weighted by atomic mass is 16.6. The predicted octanol–water partition coefficient (Wildman–Crippen LogP) is 27.2. The summed E-state index contributed by atoms with van der Waals surface area (Å²) in [5.41, 5.74) is 0. The largest absolute Gasteiger partial charge is 0.462 e. The lowest BCUT2D eigenvalue weighted by atomic mass is 10.0. The predicted molar refractivity (Wildman–Crippen MR) is 367 cm³/mol. The van der Waals surface area contributed by atoms with Crippen LogP contribution in [0.2, 0.25) is 0 Å². The number of hydrogen-bond acceptors (Lipinski definition) is 5. The van der Waals surface area contributed by atoms with Gasteiger partial charge in [0.1, 0.15) is 6.61 Å². The van der Waals surface area contributed by atoms with Crippen LogP contribution in [0.5, 0.6) is 0 Å². The maximum atomic E-state index is 12.4. The van der Waals surface area contributed by atoms with Gasteiger partial charge in [-0.1, -0.05) is 444 Å². The van der Waals surface area contributed by atoms with Gasteiger partial charge in [-0.2, -0.15) is 0 Å². The fourth-order valence-electron chi connectivity index (χ4n) is 12.8. The van der Waals surface area contributed by atoms with Crippen LogP contribution in [-0.4, -0.2) is 36.4 Å². The SMILES string of the molecule is CCCCCCCCCCCCCCCCCCCCCCCCCCCCCCCCCCCCCCCC(=O)OC(CO)COC(=O)CCCCCCCCCCCCCCCCCCCCCCCCCCCCCCCCCC. The van der Waals surface area contributed by atoms with Crippen molar-refractivity contribution in [3.05, 3.63) is 0 Å². The van der Waals surface area contributed by atoms with Crippen molar-refractivity contribution in [3.63, 3.8) is 0 Å². The van der Waals surface area contributed by atoms with E-state index in [2.05, 4.69) is 13.8 Å². The Morgan fingerprint density at radius 2 is 0.373 bits per heavy atom. The van der Waals surface area contributed by atoms with Crippen molar-refractivity contribution >= 4 is 11.9 Å². The Morgan fingerprint density at radius 1 is 0.229 bits per heavy atom. The molecule has 0 fully saturated rings. The van der Waals surface area contributed by atoms with Crippen molar-refractivity contribution in [3.8, 4) is 0 Å². The number of hydrogen-bond donors (Lipinski definition) is 1. The minimum atomic E-state index is -0.766. The van der Waals surface area contributed by atoms with Crippen LogP contribution in [0.15, 0.2) is 0 Å². The molecule has 0 bridgehead atoms. The lowest BCUT2D eigenvalue weighted by molar-refractivity contribution is -0.161. The molecule has 0 heterocycles. The van der Waals surface area contributed by atoms with E-state index in [0.29, 0.717) is 12.8 Å². The summed E-state index contributed by atoms with van der Waals surface area (Å²) in [6, 6.07) is 0. The van der Waals surface area contributed by atoms with E-state index in [1.165, 1.54) is 411 Å². The zero-order chi connectivity index (χ0) is 59.8. The number of ether oxygens (including phenoxy) is 2. The first-order chi connectivity index (χ1) is 41.1. The number of carbonyl (C=O) groups is 2. The fraction of sp³-hybridized carbons (Fsp3) is 0.974. The number of unbranched alkanes of at least 4 members (excludes halogenated alkanes) is 67. The second kappa shape index (κ2) is 75.2. The molecule has 0 saturated heterocycles. The lowest BCUT2D eigenvalue weighted by Gasteiger charge is -2.15. The summed E-state index contributed by atoms with van der Waals surface area (Å²) in [4.78, 5) is 24.7. The average molecular weight is 1170 g/mol. The van der Waals surface area contributed by atoms with E-state index in [-0.39, 0.29) is 25.2 Å². The first kappa shape index (κ1) is 81.9. The molecule has 0 aliphatic carbocycles. The van der Waals surface area contributed by atoms with E-state index in [9.17, 15) is 14.7 Å². The van der Waals surface area contributed by atoms with Gasteiger partial charge in [-0.15, -0.1) is 0 Å². The zero-order valence-corrected chi connectivity index (χ0v) is 57.3. The van der Waals surface area contributed by atoms with E-state index in [0.717, 1.165) is 32.1 Å². The van der Waals surface area contributed by atoms with E-state index in [1.807, 2.05) is 0 Å². The van der Waals surface area contributed by atoms with Gasteiger partial charge in [0, 0.05) is 12.8 Å². The normalized spacial score (nSPS) is 12.0. The molecule has 0 aromatic carbocycles. The average Bonchev–Trinajstić information content (AvgIpc) is 3.49. The summed E-state index contributed by atoms with van der Waals surface area (Å²) >= 11 is 0. The third-order valence-electron chi connectivity index (χ3n) is 18.7. The molecule has 1 unspecified atom stereocenters. The van der Waals surface area contributed by atoms with Gasteiger partial charge >= 0.3 is 11.9 Å². The number of rotatable bonds is 75. The molecule has 0 aliphatic heterocycles. The molecule has 0 radical (unpaired) electrons. The van der Waals surface area contributed by atoms with E-state index in [1.54, 1.807) is 0 Å². The van der Waals surface area contributed by atoms with E-state index in [4.69, 9.17) is 9.47 Å². The summed E-state index contributed by atoms with van der Waals surface area (Å²) in [6.07, 6.45) is 96.3. The van der Waals surface area contributed by atoms with Gasteiger partial charge in [-0.3, -0.25) is 9.59 Å². The van der Waals surface area contributed by atoms with Crippen LogP contribution >= 0.6 is 0 Å². The van der Waals surface area contributed by atoms with Crippen LogP contribution in [0.1, 0.15) is 470 Å². The van der Waals surface area contributed by atoms with Gasteiger partial charge in [0.05, 0.1) is 6.61 Å². The van der Waals surface area contributed by atoms with E-state index < -0.39 is 6.10 Å². The molecule has 0 rings (SSSR count). The highest BCUT2D eigenvalue weighted by Crippen LogP contribution is 2.21. The third-order valence-corrected chi connectivity index (χ3v) is 18.7. The molecule has 0 saturated carbocycles. The third kappa shape index (κ3) is 73.3. The van der Waals surface area contributed by atoms with Gasteiger partial charge in [0.2, 0.25) is 0 Å². The Balaban J connectivity index is 3.33. The van der Waals surface area contributed by atoms with Crippen LogP contribution < -0.4 is 0 Å². The van der Waals surface area contributed by atoms with E-state index >= 15 is 0 Å². The molecular weight excluding hydrogens is 1020 g/mol. The van der Waals surface area contributed by atoms with Crippen molar-refractivity contribution in [1.82, 2.24) is 0 Å². The van der Waals surface area contributed by atoms with Crippen molar-refractivity contribution in [2.75, 3.05) is 13.2 Å². The fourth-order valence-corrected chi connectivity index (χ4v) is 12.8. The molecule has 0 aromatic rings. The summed E-state index contributed by atoms with van der Waals surface area (Å²) in [6.45, 7) is 4.23. The number of aliphatic hydroxyl groups is 1. The van der Waals surface area contributed by atoms with Crippen LogP contribution in [0.3, 0.4) is 0 Å². The molecule has 5 heteroatoms. The molecule has 0 aromatic heterocycles. The Labute approximate surface area is 522 Å². The minimum absolute atomic E-state index is 0.0551. The standard InChI is InChI=1S/C78H154O5/c1-3-5-7-9-11-13-15-17-19-21-23-25-27-29-31-33-35-37-38-39-40-41-43-45-47-49-51-53-55-57-59-61-63-65-67-69-71-73-78(81)83-76(74-79)75-82-77(80)72-70-68-66-64-62-60-58-56-54-52-50-48-46-44-42-36-34-32-30-28-26-24-22-20-18-16-14-12-10-8-6-4-2/h76,79H,3-75H2,1-2H3. The molecule has 0 amide bonds. The highest BCUT2D eigenvalue weighted by Gasteiger charge is 2.16. The van der Waals surface area contributed by atoms with Gasteiger partial charge in [0.25, 0.3) is 0 Å². The molecule has 1 atom stereocenters. The number of aliphatic hydroxyl groups excluding tert-OH is 1. The van der Waals surface area contributed by atoms with Crippen molar-refractivity contribution in [2.24, 2.45) is 0 Å². The van der Waals surface area contributed by atoms with Crippen molar-refractivity contribution in [1.29, 1.82) is 0 Å². The maximum absolute atomic E-state index is 12.4. The second-order valence-electron chi connectivity index (χ2n) is 27.2. The van der Waals surface area contributed by atoms with Crippen LogP contribution in [0.25, 0.3) is 0 Å². The smallest absolute Gasteiger partial charge is 0.306 e. The molecule has 0 aliphatic rings. The Kier molecular flexibility index (Phi) is 74.2. The van der Waals surface area contributed by atoms with Gasteiger partial charge < -0.3 is 14.6 Å². The summed E-state index contributed by atoms with van der Waals surface area (Å²) in [5, 5.41) is 9.72. The Morgan fingerprint density at radius 3 is 0.530 bits per heavy atom. The Bertz CT molecular complexity index is 1190. The van der Waals surface area contributed by atoms with Gasteiger partial charge in [-0.25, -0.2) is 0 Å². The number of carbonyl (C=O) groups excluding carboxylic acids is 2. The molecule has 5 nitrogen and oxygen atoms in total. The first-order valence-corrected chi connectivity index (χ1v) is 39.1. The van der Waals surface area contributed by atoms with Crippen LogP contribution in [0, 0.1) is 0 Å². The molecule has 1 N–H and O–H groups in total. The van der Waals surface area contributed by atoms with Crippen molar-refractivity contribution in [2.45, 2.75) is 476 Å². The van der Waals surface area contributed by atoms with Crippen LogP contribution in [0.4, 0.5) is 0 Å². The second-order valence-corrected chi connectivity index (χ2v) is 27.2. The van der Waals surface area contributed by atoms with Crippen molar-refractivity contribution < 1.29 is 24.2 Å². The lowest BCUT2D eigenvalue weighted by Crippen LogP contribution is -2.28. The number of esters is 2. The summed E-state index contributed by atoms with van der Waals surface area (Å²) in [7, 11) is 0. The zero-order valence-electron chi connectivity index (χ0n) is 57.3.